The van der Waals surface area contributed by atoms with Gasteiger partial charge < -0.3 is 25.8 Å². The summed E-state index contributed by atoms with van der Waals surface area (Å²) in [6.45, 7) is 1.50. The molecule has 2 aliphatic rings. The number of carbonyl (C=O) groups excluding carboxylic acids is 1. The zero-order valence-electron chi connectivity index (χ0n) is 14.6. The normalized spacial score (nSPS) is 26.4. The molecule has 10 nitrogen and oxygen atoms in total. The summed E-state index contributed by atoms with van der Waals surface area (Å²) in [5.74, 6) is 0.649. The van der Waals surface area contributed by atoms with Gasteiger partial charge in [-0.1, -0.05) is 0 Å². The predicted molar refractivity (Wildman–Crippen MR) is 94.5 cm³/mol. The van der Waals surface area contributed by atoms with Crippen molar-refractivity contribution < 1.29 is 14.6 Å². The van der Waals surface area contributed by atoms with Gasteiger partial charge >= 0.3 is 0 Å². The van der Waals surface area contributed by atoms with E-state index in [1.54, 1.807) is 17.9 Å². The summed E-state index contributed by atoms with van der Waals surface area (Å²) in [6, 6.07) is -0.206. The quantitative estimate of drug-likeness (QED) is 0.646. The van der Waals surface area contributed by atoms with Crippen molar-refractivity contribution in [3.8, 4) is 0 Å². The van der Waals surface area contributed by atoms with Crippen molar-refractivity contribution in [3.05, 3.63) is 6.20 Å². The van der Waals surface area contributed by atoms with E-state index < -0.39 is 6.10 Å². The number of carbonyl (C=O) groups is 1. The van der Waals surface area contributed by atoms with Crippen LogP contribution in [0.4, 0.5) is 11.8 Å². The Labute approximate surface area is 150 Å². The molecule has 140 valence electrons. The number of aryl methyl sites for hydroxylation is 1. The van der Waals surface area contributed by atoms with Crippen LogP contribution in [0.15, 0.2) is 6.20 Å². The Bertz CT molecular complexity index is 818. The van der Waals surface area contributed by atoms with Gasteiger partial charge in [-0.05, 0) is 19.3 Å². The molecule has 2 aromatic rings. The third kappa shape index (κ3) is 3.17. The second-order valence-corrected chi connectivity index (χ2v) is 6.92. The minimum absolute atomic E-state index is 0.121. The molecule has 0 saturated carbocycles. The number of hydrogen-bond donors (Lipinski definition) is 3. The van der Waals surface area contributed by atoms with Gasteiger partial charge in [0.2, 0.25) is 11.9 Å². The standard InChI is InChI=1S/C16H23N7O3/c1-22-14-11(6-18-22)13(17)20-16(21-14)23-7-9(5-10(24)8-23)19-15(25)12-3-2-4-26-12/h6,9-10,12,24H,2-5,7-8H2,1H3,(H,19,25)(H2,17,20,21)/t9-,10+,12+/m0/s1. The highest BCUT2D eigenvalue weighted by atomic mass is 16.5. The van der Waals surface area contributed by atoms with Crippen LogP contribution in [0.25, 0.3) is 11.0 Å². The lowest BCUT2D eigenvalue weighted by Gasteiger charge is -2.36. The largest absolute Gasteiger partial charge is 0.391 e. The Kier molecular flexibility index (Phi) is 4.37. The molecule has 2 fully saturated rings. The number of ether oxygens (including phenoxy) is 1. The Morgan fingerprint density at radius 3 is 3.04 bits per heavy atom. The van der Waals surface area contributed by atoms with Crippen LogP contribution in [-0.2, 0) is 16.6 Å². The van der Waals surface area contributed by atoms with Crippen LogP contribution in [0.3, 0.4) is 0 Å². The van der Waals surface area contributed by atoms with Crippen LogP contribution in [0, 0.1) is 0 Å². The average molecular weight is 361 g/mol. The zero-order valence-corrected chi connectivity index (χ0v) is 14.6. The number of fused-ring (bicyclic) bond motifs is 1. The van der Waals surface area contributed by atoms with Gasteiger partial charge in [-0.15, -0.1) is 0 Å². The van der Waals surface area contributed by atoms with Crippen molar-refractivity contribution >= 4 is 28.7 Å². The van der Waals surface area contributed by atoms with Gasteiger partial charge in [0.15, 0.2) is 5.65 Å². The fourth-order valence-corrected chi connectivity index (χ4v) is 3.59. The molecular weight excluding hydrogens is 338 g/mol. The second kappa shape index (κ2) is 6.69. The molecule has 26 heavy (non-hydrogen) atoms. The van der Waals surface area contributed by atoms with E-state index in [1.165, 1.54) is 0 Å². The van der Waals surface area contributed by atoms with Crippen LogP contribution >= 0.6 is 0 Å². The van der Waals surface area contributed by atoms with Crippen molar-refractivity contribution in [1.29, 1.82) is 0 Å². The summed E-state index contributed by atoms with van der Waals surface area (Å²) in [5, 5.41) is 18.1. The van der Waals surface area contributed by atoms with Crippen LogP contribution < -0.4 is 16.0 Å². The maximum Gasteiger partial charge on any atom is 0.249 e. The summed E-state index contributed by atoms with van der Waals surface area (Å²) >= 11 is 0. The van der Waals surface area contributed by atoms with Gasteiger partial charge in [0.25, 0.3) is 0 Å². The molecule has 2 saturated heterocycles. The Morgan fingerprint density at radius 2 is 2.27 bits per heavy atom. The summed E-state index contributed by atoms with van der Waals surface area (Å²) in [5.41, 5.74) is 6.66. The SMILES string of the molecule is Cn1ncc2c(N)nc(N3C[C@H](O)C[C@H](NC(=O)[C@H]4CCCO4)C3)nc21. The van der Waals surface area contributed by atoms with E-state index in [1.807, 2.05) is 4.90 Å². The molecule has 4 N–H and O–H groups in total. The third-order valence-corrected chi connectivity index (χ3v) is 4.89. The molecule has 4 heterocycles. The number of β-amino-alcohol motifs (C(OH)–C–C–N with tert-alkyl or cyclic N) is 1. The van der Waals surface area contributed by atoms with Crippen LogP contribution in [-0.4, -0.2) is 68.7 Å². The number of amides is 1. The summed E-state index contributed by atoms with van der Waals surface area (Å²) in [7, 11) is 1.79. The maximum absolute atomic E-state index is 12.3. The molecule has 0 bridgehead atoms. The summed E-state index contributed by atoms with van der Waals surface area (Å²) in [4.78, 5) is 23.0. The van der Waals surface area contributed by atoms with Gasteiger partial charge in [-0.3, -0.25) is 9.48 Å². The number of piperidine rings is 1. The molecule has 10 heteroatoms. The fourth-order valence-electron chi connectivity index (χ4n) is 3.59. The topological polar surface area (TPSA) is 131 Å². The van der Waals surface area contributed by atoms with Crippen molar-refractivity contribution in [3.63, 3.8) is 0 Å². The number of rotatable bonds is 3. The first-order valence-electron chi connectivity index (χ1n) is 8.81. The molecule has 0 radical (unpaired) electrons. The van der Waals surface area contributed by atoms with Crippen LogP contribution in [0.1, 0.15) is 19.3 Å². The first kappa shape index (κ1) is 17.0. The fraction of sp³-hybridized carbons (Fsp3) is 0.625. The number of nitrogens with zero attached hydrogens (tertiary/aromatic N) is 5. The van der Waals surface area contributed by atoms with E-state index in [-0.39, 0.29) is 18.1 Å². The minimum atomic E-state index is -0.592. The summed E-state index contributed by atoms with van der Waals surface area (Å²) < 4.78 is 7.06. The maximum atomic E-state index is 12.3. The molecule has 2 aliphatic heterocycles. The van der Waals surface area contributed by atoms with Gasteiger partial charge in [-0.25, -0.2) is 0 Å². The molecule has 0 aromatic carbocycles. The highest BCUT2D eigenvalue weighted by Crippen LogP contribution is 2.23. The highest BCUT2D eigenvalue weighted by molar-refractivity contribution is 5.86. The van der Waals surface area contributed by atoms with E-state index in [9.17, 15) is 9.90 Å². The number of anilines is 2. The zero-order chi connectivity index (χ0) is 18.3. The number of aromatic nitrogens is 4. The van der Waals surface area contributed by atoms with E-state index in [0.29, 0.717) is 48.9 Å². The van der Waals surface area contributed by atoms with Crippen molar-refractivity contribution in [2.75, 3.05) is 30.3 Å². The van der Waals surface area contributed by atoms with Gasteiger partial charge in [-0.2, -0.15) is 15.1 Å². The van der Waals surface area contributed by atoms with Crippen LogP contribution in [0.2, 0.25) is 0 Å². The number of aliphatic hydroxyl groups is 1. The molecule has 1 amide bonds. The van der Waals surface area contributed by atoms with E-state index >= 15 is 0 Å². The van der Waals surface area contributed by atoms with E-state index in [2.05, 4.69) is 20.4 Å². The Hall–Kier alpha value is -2.46. The molecule has 0 spiro atoms. The number of hydrogen-bond acceptors (Lipinski definition) is 8. The van der Waals surface area contributed by atoms with Gasteiger partial charge in [0.05, 0.1) is 17.7 Å². The number of aliphatic hydroxyl groups excluding tert-OH is 1. The Balaban J connectivity index is 1.53. The van der Waals surface area contributed by atoms with Crippen LogP contribution in [0.5, 0.6) is 0 Å². The van der Waals surface area contributed by atoms with Crippen molar-refractivity contribution in [2.45, 2.75) is 37.5 Å². The van der Waals surface area contributed by atoms with Gasteiger partial charge in [0, 0.05) is 32.8 Å². The van der Waals surface area contributed by atoms with E-state index in [4.69, 9.17) is 10.5 Å². The van der Waals surface area contributed by atoms with Crippen molar-refractivity contribution in [2.24, 2.45) is 7.05 Å². The predicted octanol–water partition coefficient (Wildman–Crippen LogP) is -0.820. The number of nitrogens with one attached hydrogen (secondary N) is 1. The average Bonchev–Trinajstić information content (AvgIpc) is 3.25. The first-order chi connectivity index (χ1) is 12.5. The molecule has 3 atom stereocenters. The molecule has 4 rings (SSSR count). The monoisotopic (exact) mass is 361 g/mol. The lowest BCUT2D eigenvalue weighted by atomic mass is 10.0. The lowest BCUT2D eigenvalue weighted by molar-refractivity contribution is -0.131. The van der Waals surface area contributed by atoms with Crippen molar-refractivity contribution in [1.82, 2.24) is 25.1 Å². The minimum Gasteiger partial charge on any atom is -0.391 e. The smallest absolute Gasteiger partial charge is 0.249 e. The highest BCUT2D eigenvalue weighted by Gasteiger charge is 2.32. The Morgan fingerprint density at radius 1 is 1.42 bits per heavy atom. The van der Waals surface area contributed by atoms with E-state index in [0.717, 1.165) is 12.8 Å². The second-order valence-electron chi connectivity index (χ2n) is 6.92. The molecular formula is C16H23N7O3. The molecule has 0 aliphatic carbocycles. The molecule has 0 unspecified atom stereocenters. The van der Waals surface area contributed by atoms with Gasteiger partial charge in [0.1, 0.15) is 11.9 Å². The molecule has 2 aromatic heterocycles. The first-order valence-corrected chi connectivity index (χ1v) is 8.81. The number of nitrogens with two attached hydrogens (primary N) is 1. The number of nitrogen functional groups attached to an aromatic ring is 1. The lowest BCUT2D eigenvalue weighted by Crippen LogP contribution is -2.54. The third-order valence-electron chi connectivity index (χ3n) is 4.89. The summed E-state index contributed by atoms with van der Waals surface area (Å²) in [6.07, 6.45) is 2.77.